The normalized spacial score (nSPS) is 12.9. The van der Waals surface area contributed by atoms with Gasteiger partial charge in [-0.2, -0.15) is 0 Å². The van der Waals surface area contributed by atoms with Crippen molar-refractivity contribution in [1.29, 1.82) is 0 Å². The van der Waals surface area contributed by atoms with E-state index in [1.165, 1.54) is 5.56 Å². The van der Waals surface area contributed by atoms with Crippen LogP contribution in [0, 0.1) is 6.07 Å². The molecule has 0 bridgehead atoms. The molecule has 0 atom stereocenters. The maximum Gasteiger partial charge on any atom is 0.149 e. The molecule has 0 aliphatic carbocycles. The minimum atomic E-state index is -0.313. The van der Waals surface area contributed by atoms with E-state index >= 15 is 0 Å². The number of hydrogen-bond acceptors (Lipinski definition) is 4. The van der Waals surface area contributed by atoms with Crippen molar-refractivity contribution in [2.75, 3.05) is 0 Å². The number of imidazole rings is 1. The maximum atomic E-state index is 12.3. The quantitative estimate of drug-likeness (QED) is 0.179. The van der Waals surface area contributed by atoms with Gasteiger partial charge in [0.25, 0.3) is 0 Å². The van der Waals surface area contributed by atoms with Crippen molar-refractivity contribution >= 4 is 22.9 Å². The Hall–Kier alpha value is -5.12. The summed E-state index contributed by atoms with van der Waals surface area (Å²) in [6.45, 7) is 26.5. The predicted molar refractivity (Wildman–Crippen MR) is 243 cm³/mol. The fourth-order valence-electron chi connectivity index (χ4n) is 7.83. The molecule has 5 nitrogen and oxygen atoms in total. The first-order valence-electron chi connectivity index (χ1n) is 20.4. The summed E-state index contributed by atoms with van der Waals surface area (Å²) in [4.78, 5) is 16.1. The average molecular weight is 959 g/mol. The summed E-state index contributed by atoms with van der Waals surface area (Å²) in [5.41, 5.74) is 14.6. The van der Waals surface area contributed by atoms with Crippen molar-refractivity contribution in [3.05, 3.63) is 137 Å². The van der Waals surface area contributed by atoms with E-state index in [1.807, 2.05) is 18.3 Å². The maximum absolute atomic E-state index is 12.3. The van der Waals surface area contributed by atoms with Gasteiger partial charge in [-0.25, -0.2) is 4.98 Å². The number of benzene rings is 5. The van der Waals surface area contributed by atoms with Crippen molar-refractivity contribution in [2.45, 2.75) is 105 Å². The van der Waals surface area contributed by atoms with Crippen LogP contribution in [-0.2, 0) is 42.7 Å². The van der Waals surface area contributed by atoms with Crippen LogP contribution >= 0.6 is 0 Å². The monoisotopic (exact) mass is 958 g/mol. The Kier molecular flexibility index (Phi) is 10.6. The number of aliphatic imine (C=N–C) groups is 1. The molecular formula is C53H55N4OPt-. The van der Waals surface area contributed by atoms with Crippen molar-refractivity contribution in [3.8, 4) is 56.5 Å². The van der Waals surface area contributed by atoms with Gasteiger partial charge in [0, 0.05) is 44.0 Å². The Morgan fingerprint density at radius 1 is 0.576 bits per heavy atom. The molecule has 7 aromatic rings. The van der Waals surface area contributed by atoms with E-state index in [9.17, 15) is 5.11 Å². The van der Waals surface area contributed by atoms with Crippen LogP contribution in [0.15, 0.2) is 108 Å². The molecule has 0 fully saturated rings. The number of phenols is 1. The minimum Gasteiger partial charge on any atom is -0.507 e. The number of fused-ring (bicyclic) bond motifs is 2. The number of nitrogens with zero attached hydrogens (tertiary/aromatic N) is 4. The van der Waals surface area contributed by atoms with Gasteiger partial charge in [-0.15, -0.1) is 35.4 Å². The van der Waals surface area contributed by atoms with E-state index in [0.717, 1.165) is 78.3 Å². The molecule has 0 radical (unpaired) electrons. The Labute approximate surface area is 365 Å². The molecule has 1 N–H and O–H groups in total. The second-order valence-electron chi connectivity index (χ2n) is 20.0. The molecule has 1 aliphatic heterocycles. The van der Waals surface area contributed by atoms with Gasteiger partial charge >= 0.3 is 0 Å². The fourth-order valence-corrected chi connectivity index (χ4v) is 7.83. The molecule has 0 unspecified atom stereocenters. The summed E-state index contributed by atoms with van der Waals surface area (Å²) >= 11 is 0. The van der Waals surface area contributed by atoms with Crippen LogP contribution in [0.5, 0.6) is 5.75 Å². The molecular weight excluding hydrogens is 904 g/mol. The van der Waals surface area contributed by atoms with Gasteiger partial charge in [-0.3, -0.25) is 14.5 Å². The molecule has 0 saturated heterocycles. The second-order valence-corrected chi connectivity index (χ2v) is 20.0. The van der Waals surface area contributed by atoms with Crippen molar-refractivity contribution in [1.82, 2.24) is 14.5 Å². The van der Waals surface area contributed by atoms with E-state index < -0.39 is 0 Å². The van der Waals surface area contributed by atoms with Gasteiger partial charge in [0.1, 0.15) is 17.1 Å². The predicted octanol–water partition coefficient (Wildman–Crippen LogP) is 13.8. The van der Waals surface area contributed by atoms with Crippen LogP contribution in [0.3, 0.4) is 0 Å². The summed E-state index contributed by atoms with van der Waals surface area (Å²) in [7, 11) is 0. The molecule has 304 valence electrons. The number of hydrogen-bond donors (Lipinski definition) is 1. The van der Waals surface area contributed by atoms with Gasteiger partial charge in [0.2, 0.25) is 0 Å². The third-order valence-corrected chi connectivity index (χ3v) is 11.4. The number of phenolic OH excluding ortho intramolecular Hbond substituents is 1. The van der Waals surface area contributed by atoms with Gasteiger partial charge < -0.3 is 5.11 Å². The van der Waals surface area contributed by atoms with Crippen LogP contribution in [0.4, 0.5) is 5.69 Å². The SMILES string of the molecule is CC(C)(C)c1cc(-c2[c-]ccc(-c3ccccc3)c2)nc(-c2ccc3c4c2nc(-c2cc(C(C)(C)C)cc(C(C)(C)C)c2O)n4-c2ccc(C(C)(C)C)cc2C=N3)c1.[Pt]. The third-order valence-electron chi connectivity index (χ3n) is 11.4. The molecule has 0 saturated carbocycles. The fraction of sp³-hybridized carbons (Fsp3) is 0.302. The Morgan fingerprint density at radius 3 is 1.90 bits per heavy atom. The first kappa shape index (κ1) is 42.0. The second kappa shape index (κ2) is 14.9. The molecule has 0 amide bonds. The van der Waals surface area contributed by atoms with Gasteiger partial charge in [0.05, 0.1) is 28.1 Å². The molecule has 1 aliphatic rings. The number of rotatable bonds is 4. The van der Waals surface area contributed by atoms with E-state index in [2.05, 4.69) is 185 Å². The topological polar surface area (TPSA) is 63.3 Å². The van der Waals surface area contributed by atoms with E-state index in [-0.39, 0.29) is 48.5 Å². The summed E-state index contributed by atoms with van der Waals surface area (Å²) in [6.07, 6.45) is 1.98. The largest absolute Gasteiger partial charge is 0.507 e. The van der Waals surface area contributed by atoms with Crippen molar-refractivity contribution < 1.29 is 26.2 Å². The van der Waals surface area contributed by atoms with Crippen LogP contribution in [-0.4, -0.2) is 25.9 Å². The van der Waals surface area contributed by atoms with E-state index in [4.69, 9.17) is 15.0 Å². The zero-order valence-electron chi connectivity index (χ0n) is 36.4. The molecule has 6 heteroatoms. The first-order chi connectivity index (χ1) is 27.2. The number of pyridine rings is 1. The molecule has 59 heavy (non-hydrogen) atoms. The van der Waals surface area contributed by atoms with Crippen molar-refractivity contribution in [2.24, 2.45) is 4.99 Å². The van der Waals surface area contributed by atoms with Crippen LogP contribution in [0.1, 0.15) is 111 Å². The Morgan fingerprint density at radius 2 is 1.24 bits per heavy atom. The van der Waals surface area contributed by atoms with Gasteiger partial charge in [-0.1, -0.05) is 132 Å². The molecule has 3 heterocycles. The minimum absolute atomic E-state index is 0. The van der Waals surface area contributed by atoms with Crippen molar-refractivity contribution in [3.63, 3.8) is 0 Å². The zero-order valence-corrected chi connectivity index (χ0v) is 38.7. The summed E-state index contributed by atoms with van der Waals surface area (Å²) < 4.78 is 2.22. The summed E-state index contributed by atoms with van der Waals surface area (Å²) in [5, 5.41) is 12.3. The molecule has 2 aromatic heterocycles. The molecule has 0 spiro atoms. The first-order valence-corrected chi connectivity index (χ1v) is 20.4. The zero-order chi connectivity index (χ0) is 41.5. The summed E-state index contributed by atoms with van der Waals surface area (Å²) in [5.74, 6) is 0.918. The molecule has 5 aromatic carbocycles. The third kappa shape index (κ3) is 7.87. The van der Waals surface area contributed by atoms with E-state index in [1.54, 1.807) is 0 Å². The Balaban J connectivity index is 0.00000528. The van der Waals surface area contributed by atoms with Crippen LogP contribution in [0.2, 0.25) is 0 Å². The smallest absolute Gasteiger partial charge is 0.149 e. The Bertz CT molecular complexity index is 2770. The van der Waals surface area contributed by atoms with Crippen LogP contribution < -0.4 is 0 Å². The number of aromatic nitrogens is 3. The average Bonchev–Trinajstić information content (AvgIpc) is 3.47. The van der Waals surface area contributed by atoms with Gasteiger partial charge in [-0.05, 0) is 86.0 Å². The summed E-state index contributed by atoms with van der Waals surface area (Å²) in [6, 6.07) is 39.8. The molecule has 8 rings (SSSR count). The van der Waals surface area contributed by atoms with Crippen LogP contribution in [0.25, 0.3) is 61.8 Å². The number of aromatic hydroxyl groups is 1. The van der Waals surface area contributed by atoms with Gasteiger partial charge in [0.15, 0.2) is 0 Å². The standard InChI is InChI=1S/C53H55N4O.Pt/c1-50(2,3)36-21-24-45-35(26-36)31-54-42-23-22-39(46-47(42)57(45)49(56-46)40-27-37(51(4,5)6)28-41(48(40)58)53(10,11)12)44-30-38(52(7,8)9)29-43(55-44)34-20-16-19-33(25-34)32-17-14-13-15-18-32;/h13-19,21-31,58H,1-12H3;/q-1;. The van der Waals surface area contributed by atoms with E-state index in [0.29, 0.717) is 11.4 Å².